The van der Waals surface area contributed by atoms with Gasteiger partial charge in [0.1, 0.15) is 10.0 Å². The van der Waals surface area contributed by atoms with E-state index in [9.17, 15) is 0 Å². The van der Waals surface area contributed by atoms with Crippen LogP contribution in [-0.4, -0.2) is 28.3 Å². The molecule has 0 amide bonds. The number of unbranched alkanes of at least 4 members (excludes halogenated alkanes) is 3. The van der Waals surface area contributed by atoms with Gasteiger partial charge in [0.25, 0.3) is 5.88 Å². The van der Waals surface area contributed by atoms with E-state index < -0.39 is 6.49 Å². The molecule has 0 N–H and O–H groups in total. The van der Waals surface area contributed by atoms with Gasteiger partial charge in [-0.3, -0.25) is 4.68 Å². The number of thioether (sulfide) groups is 1. The Labute approximate surface area is 154 Å². The fourth-order valence-electron chi connectivity index (χ4n) is 2.02. The Bertz CT molecular complexity index is 526. The average Bonchev–Trinajstić information content (AvgIpc) is 2.83. The number of hydrogen-bond acceptors (Lipinski definition) is 5. The van der Waals surface area contributed by atoms with Crippen LogP contribution in [0.25, 0.3) is 0 Å². The van der Waals surface area contributed by atoms with Gasteiger partial charge in [-0.15, -0.1) is 16.9 Å². The summed E-state index contributed by atoms with van der Waals surface area (Å²) in [4.78, 5) is 0. The summed E-state index contributed by atoms with van der Waals surface area (Å²) >= 11 is 13.8. The van der Waals surface area contributed by atoms with E-state index in [2.05, 4.69) is 12.0 Å². The van der Waals surface area contributed by atoms with Crippen LogP contribution in [0.1, 0.15) is 53.4 Å². The standard InChI is InChI=1S/C15H28ClN2O2PS2/c1-5-9-10-11-12-23-15-13(16)14(17-18(15)6-2)20-21(22,8-4)19-7-3/h5-12H2,1-4H3. The minimum Gasteiger partial charge on any atom is -0.422 e. The third kappa shape index (κ3) is 6.58. The van der Waals surface area contributed by atoms with Crippen molar-refractivity contribution < 1.29 is 9.05 Å². The van der Waals surface area contributed by atoms with Crippen LogP contribution in [0.5, 0.6) is 5.88 Å². The lowest BCUT2D eigenvalue weighted by Crippen LogP contribution is -2.02. The second-order valence-electron chi connectivity index (χ2n) is 5.09. The van der Waals surface area contributed by atoms with Gasteiger partial charge in [-0.05, 0) is 37.8 Å². The summed E-state index contributed by atoms with van der Waals surface area (Å²) in [6, 6.07) is 0. The highest BCUT2D eigenvalue weighted by atomic mass is 35.5. The Kier molecular flexibility index (Phi) is 10.2. The van der Waals surface area contributed by atoms with Gasteiger partial charge >= 0.3 is 0 Å². The summed E-state index contributed by atoms with van der Waals surface area (Å²) in [6.07, 6.45) is 5.63. The molecule has 0 spiro atoms. The first kappa shape index (κ1) is 21.3. The molecular weight excluding hydrogens is 371 g/mol. The molecule has 0 aliphatic heterocycles. The first-order chi connectivity index (χ1) is 11.0. The SMILES string of the molecule is CCCCCCSc1c(Cl)c(OP(=S)(CC)OCC)nn1CC. The van der Waals surface area contributed by atoms with Gasteiger partial charge in [0.2, 0.25) is 6.49 Å². The third-order valence-electron chi connectivity index (χ3n) is 3.30. The fraction of sp³-hybridized carbons (Fsp3) is 0.800. The molecule has 1 rings (SSSR count). The number of nitrogens with zero attached hydrogens (tertiary/aromatic N) is 2. The molecule has 134 valence electrons. The monoisotopic (exact) mass is 398 g/mol. The van der Waals surface area contributed by atoms with Crippen LogP contribution in [0.2, 0.25) is 5.02 Å². The van der Waals surface area contributed by atoms with Crippen LogP contribution >= 0.6 is 29.9 Å². The highest BCUT2D eigenvalue weighted by Gasteiger charge is 2.24. The zero-order valence-electron chi connectivity index (χ0n) is 14.5. The van der Waals surface area contributed by atoms with Gasteiger partial charge in [0.05, 0.1) is 6.61 Å². The van der Waals surface area contributed by atoms with Crippen LogP contribution in [0.15, 0.2) is 5.03 Å². The van der Waals surface area contributed by atoms with Crippen molar-refractivity contribution in [3.8, 4) is 5.88 Å². The lowest BCUT2D eigenvalue weighted by Gasteiger charge is -2.19. The van der Waals surface area contributed by atoms with Crippen molar-refractivity contribution in [2.45, 2.75) is 64.9 Å². The molecule has 1 aromatic heterocycles. The predicted molar refractivity (Wildman–Crippen MR) is 105 cm³/mol. The molecule has 23 heavy (non-hydrogen) atoms. The maximum atomic E-state index is 6.50. The lowest BCUT2D eigenvalue weighted by atomic mass is 10.2. The molecule has 1 heterocycles. The van der Waals surface area contributed by atoms with Crippen LogP contribution in [-0.2, 0) is 22.9 Å². The van der Waals surface area contributed by atoms with Crippen molar-refractivity contribution in [2.24, 2.45) is 0 Å². The van der Waals surface area contributed by atoms with Gasteiger partial charge in [-0.1, -0.05) is 44.7 Å². The summed E-state index contributed by atoms with van der Waals surface area (Å²) in [5, 5.41) is 6.01. The van der Waals surface area contributed by atoms with Crippen LogP contribution in [0, 0.1) is 0 Å². The van der Waals surface area contributed by atoms with Crippen molar-refractivity contribution in [1.82, 2.24) is 9.78 Å². The van der Waals surface area contributed by atoms with Gasteiger partial charge < -0.3 is 9.05 Å². The van der Waals surface area contributed by atoms with Gasteiger partial charge in [-0.2, -0.15) is 0 Å². The average molecular weight is 399 g/mol. The molecule has 0 radical (unpaired) electrons. The summed E-state index contributed by atoms with van der Waals surface area (Å²) in [5.74, 6) is 1.46. The number of rotatable bonds is 12. The maximum absolute atomic E-state index is 6.50. The molecular formula is C15H28ClN2O2PS2. The zero-order chi connectivity index (χ0) is 17.3. The van der Waals surface area contributed by atoms with Gasteiger partial charge in [-0.25, -0.2) is 0 Å². The molecule has 0 saturated heterocycles. The zero-order valence-corrected chi connectivity index (χ0v) is 17.8. The van der Waals surface area contributed by atoms with E-state index in [0.29, 0.717) is 23.7 Å². The minimum atomic E-state index is -2.34. The lowest BCUT2D eigenvalue weighted by molar-refractivity contribution is 0.328. The second-order valence-corrected chi connectivity index (χ2v) is 10.5. The van der Waals surface area contributed by atoms with Crippen LogP contribution in [0.3, 0.4) is 0 Å². The van der Waals surface area contributed by atoms with E-state index >= 15 is 0 Å². The minimum absolute atomic E-state index is 0.420. The summed E-state index contributed by atoms with van der Waals surface area (Å²) in [6.45, 7) is 7.11. The summed E-state index contributed by atoms with van der Waals surface area (Å²) in [5.41, 5.74) is 0. The molecule has 0 aliphatic carbocycles. The van der Waals surface area contributed by atoms with E-state index in [4.69, 9.17) is 32.5 Å². The van der Waals surface area contributed by atoms with E-state index in [0.717, 1.165) is 17.3 Å². The van der Waals surface area contributed by atoms with Crippen molar-refractivity contribution in [2.75, 3.05) is 18.5 Å². The molecule has 1 atom stereocenters. The normalized spacial score (nSPS) is 14.0. The molecule has 0 bridgehead atoms. The molecule has 1 aromatic rings. The Morgan fingerprint density at radius 2 is 1.96 bits per heavy atom. The Morgan fingerprint density at radius 3 is 2.52 bits per heavy atom. The number of hydrogen-bond donors (Lipinski definition) is 0. The van der Waals surface area contributed by atoms with Crippen molar-refractivity contribution in [1.29, 1.82) is 0 Å². The van der Waals surface area contributed by atoms with Crippen LogP contribution < -0.4 is 4.52 Å². The Hall–Kier alpha value is 0.260. The second kappa shape index (κ2) is 11.0. The Balaban J connectivity index is 2.81. The number of halogens is 1. The van der Waals surface area contributed by atoms with Crippen LogP contribution in [0.4, 0.5) is 0 Å². The maximum Gasteiger partial charge on any atom is 0.258 e. The quantitative estimate of drug-likeness (QED) is 0.246. The topological polar surface area (TPSA) is 36.3 Å². The molecule has 1 unspecified atom stereocenters. The highest BCUT2D eigenvalue weighted by Crippen LogP contribution is 2.50. The first-order valence-corrected chi connectivity index (χ1v) is 12.5. The van der Waals surface area contributed by atoms with Crippen molar-refractivity contribution in [3.05, 3.63) is 5.02 Å². The molecule has 4 nitrogen and oxygen atoms in total. The molecule has 0 fully saturated rings. The van der Waals surface area contributed by atoms with E-state index in [1.54, 1.807) is 11.8 Å². The van der Waals surface area contributed by atoms with E-state index in [1.807, 2.05) is 25.5 Å². The van der Waals surface area contributed by atoms with E-state index in [1.165, 1.54) is 25.7 Å². The van der Waals surface area contributed by atoms with Crippen molar-refractivity contribution >= 4 is 41.7 Å². The Morgan fingerprint density at radius 1 is 1.22 bits per heavy atom. The van der Waals surface area contributed by atoms with Gasteiger partial charge in [0.15, 0.2) is 0 Å². The summed E-state index contributed by atoms with van der Waals surface area (Å²) in [7, 11) is 0. The predicted octanol–water partition coefficient (Wildman–Crippen LogP) is 5.97. The first-order valence-electron chi connectivity index (χ1n) is 8.33. The largest absolute Gasteiger partial charge is 0.422 e. The smallest absolute Gasteiger partial charge is 0.258 e. The summed E-state index contributed by atoms with van der Waals surface area (Å²) < 4.78 is 13.4. The fourth-order valence-corrected chi connectivity index (χ4v) is 5.17. The van der Waals surface area contributed by atoms with Crippen molar-refractivity contribution in [3.63, 3.8) is 0 Å². The highest BCUT2D eigenvalue weighted by molar-refractivity contribution is 8.10. The third-order valence-corrected chi connectivity index (χ3v) is 8.12. The number of aryl methyl sites for hydroxylation is 1. The van der Waals surface area contributed by atoms with E-state index in [-0.39, 0.29) is 0 Å². The molecule has 0 aromatic carbocycles. The molecule has 0 aliphatic rings. The number of aromatic nitrogens is 2. The molecule has 0 saturated carbocycles. The van der Waals surface area contributed by atoms with Gasteiger partial charge in [0, 0.05) is 12.7 Å². The molecule has 8 heteroatoms.